The van der Waals surface area contributed by atoms with E-state index in [0.29, 0.717) is 11.7 Å². The molecule has 1 aliphatic carbocycles. The average Bonchev–Trinajstić information content (AvgIpc) is 2.37. The van der Waals surface area contributed by atoms with E-state index in [9.17, 15) is 10.2 Å². The molecular weight excluding hydrogens is 226 g/mol. The predicted octanol–water partition coefficient (Wildman–Crippen LogP) is 2.59. The van der Waals surface area contributed by atoms with Crippen molar-refractivity contribution in [3.05, 3.63) is 29.8 Å². The van der Waals surface area contributed by atoms with E-state index in [-0.39, 0.29) is 12.1 Å². The maximum absolute atomic E-state index is 9.92. The van der Waals surface area contributed by atoms with Gasteiger partial charge in [0.05, 0.1) is 6.10 Å². The van der Waals surface area contributed by atoms with Crippen molar-refractivity contribution in [2.75, 3.05) is 6.54 Å². The number of aromatic hydroxyl groups is 1. The number of rotatable bonds is 4. The Labute approximate surface area is 109 Å². The Morgan fingerprint density at radius 3 is 2.83 bits per heavy atom. The molecule has 0 aliphatic heterocycles. The van der Waals surface area contributed by atoms with Crippen LogP contribution in [0.25, 0.3) is 0 Å². The highest BCUT2D eigenvalue weighted by Gasteiger charge is 2.23. The first kappa shape index (κ1) is 13.4. The molecule has 0 radical (unpaired) electrons. The van der Waals surface area contributed by atoms with Gasteiger partial charge in [-0.1, -0.05) is 25.0 Å². The summed E-state index contributed by atoms with van der Waals surface area (Å²) >= 11 is 0. The molecule has 3 heteroatoms. The lowest BCUT2D eigenvalue weighted by atomic mass is 9.86. The van der Waals surface area contributed by atoms with E-state index in [1.807, 2.05) is 12.1 Å². The Kier molecular flexibility index (Phi) is 4.61. The first-order chi connectivity index (χ1) is 8.66. The smallest absolute Gasteiger partial charge is 0.115 e. The van der Waals surface area contributed by atoms with E-state index in [1.54, 1.807) is 12.1 Å². The van der Waals surface area contributed by atoms with Crippen molar-refractivity contribution in [1.82, 2.24) is 5.32 Å². The molecule has 0 bridgehead atoms. The summed E-state index contributed by atoms with van der Waals surface area (Å²) in [6, 6.07) is 7.54. The molecule has 2 rings (SSSR count). The van der Waals surface area contributed by atoms with Gasteiger partial charge in [0.1, 0.15) is 5.75 Å². The third kappa shape index (κ3) is 3.47. The van der Waals surface area contributed by atoms with Gasteiger partial charge >= 0.3 is 0 Å². The summed E-state index contributed by atoms with van der Waals surface area (Å²) in [4.78, 5) is 0. The van der Waals surface area contributed by atoms with Crippen molar-refractivity contribution in [2.24, 2.45) is 5.92 Å². The molecule has 100 valence electrons. The van der Waals surface area contributed by atoms with Gasteiger partial charge in [-0.25, -0.2) is 0 Å². The lowest BCUT2D eigenvalue weighted by Gasteiger charge is -2.29. The molecule has 0 aromatic heterocycles. The zero-order valence-corrected chi connectivity index (χ0v) is 11.0. The molecule has 0 heterocycles. The lowest BCUT2D eigenvalue weighted by Crippen LogP contribution is -2.34. The number of phenolic OH excluding ortho intramolecular Hbond substituents is 1. The predicted molar refractivity (Wildman–Crippen MR) is 72.5 cm³/mol. The van der Waals surface area contributed by atoms with E-state index in [0.717, 1.165) is 31.4 Å². The van der Waals surface area contributed by atoms with E-state index < -0.39 is 0 Å². The molecule has 3 unspecified atom stereocenters. The van der Waals surface area contributed by atoms with Gasteiger partial charge in [-0.15, -0.1) is 0 Å². The fraction of sp³-hybridized carbons (Fsp3) is 0.600. The van der Waals surface area contributed by atoms with Crippen molar-refractivity contribution >= 4 is 0 Å². The van der Waals surface area contributed by atoms with Gasteiger partial charge < -0.3 is 15.5 Å². The highest BCUT2D eigenvalue weighted by molar-refractivity contribution is 5.28. The zero-order valence-electron chi connectivity index (χ0n) is 11.0. The van der Waals surface area contributed by atoms with Crippen molar-refractivity contribution in [3.8, 4) is 5.75 Å². The third-order valence-electron chi connectivity index (χ3n) is 3.93. The van der Waals surface area contributed by atoms with Crippen LogP contribution in [-0.4, -0.2) is 22.9 Å². The molecule has 1 saturated carbocycles. The Balaban J connectivity index is 1.86. The molecule has 0 spiro atoms. The third-order valence-corrected chi connectivity index (χ3v) is 3.93. The van der Waals surface area contributed by atoms with Crippen LogP contribution in [0.2, 0.25) is 0 Å². The monoisotopic (exact) mass is 249 g/mol. The van der Waals surface area contributed by atoms with Crippen molar-refractivity contribution in [3.63, 3.8) is 0 Å². The second-order valence-corrected chi connectivity index (χ2v) is 5.34. The van der Waals surface area contributed by atoms with Crippen LogP contribution in [0.5, 0.6) is 5.75 Å². The molecule has 1 aromatic rings. The zero-order chi connectivity index (χ0) is 13.0. The Morgan fingerprint density at radius 1 is 1.33 bits per heavy atom. The molecule has 18 heavy (non-hydrogen) atoms. The van der Waals surface area contributed by atoms with Gasteiger partial charge in [0.25, 0.3) is 0 Å². The maximum Gasteiger partial charge on any atom is 0.115 e. The Bertz CT molecular complexity index is 381. The Hall–Kier alpha value is -1.06. The molecule has 1 aromatic carbocycles. The summed E-state index contributed by atoms with van der Waals surface area (Å²) in [5.41, 5.74) is 1.08. The van der Waals surface area contributed by atoms with Crippen LogP contribution in [-0.2, 0) is 0 Å². The second-order valence-electron chi connectivity index (χ2n) is 5.34. The summed E-state index contributed by atoms with van der Waals surface area (Å²) in [5.74, 6) is 0.678. The highest BCUT2D eigenvalue weighted by Crippen LogP contribution is 2.25. The lowest BCUT2D eigenvalue weighted by molar-refractivity contribution is 0.0684. The molecule has 3 nitrogen and oxygen atoms in total. The van der Waals surface area contributed by atoms with Crippen LogP contribution in [0.1, 0.15) is 44.2 Å². The highest BCUT2D eigenvalue weighted by atomic mass is 16.3. The molecule has 0 amide bonds. The number of nitrogens with one attached hydrogen (secondary N) is 1. The molecule has 3 atom stereocenters. The number of aliphatic hydroxyl groups excluding tert-OH is 1. The standard InChI is InChI=1S/C15H23NO2/c1-11(12-6-4-7-14(17)9-12)16-10-13-5-2-3-8-15(13)18/h4,6-7,9,11,13,15-18H,2-3,5,8,10H2,1H3. The fourth-order valence-electron chi connectivity index (χ4n) is 2.67. The minimum Gasteiger partial charge on any atom is -0.508 e. The fourth-order valence-corrected chi connectivity index (χ4v) is 2.67. The SMILES string of the molecule is CC(NCC1CCCCC1O)c1cccc(O)c1. The van der Waals surface area contributed by atoms with Gasteiger partial charge in [-0.05, 0) is 43.4 Å². The van der Waals surface area contributed by atoms with E-state index in [2.05, 4.69) is 12.2 Å². The summed E-state index contributed by atoms with van der Waals surface area (Å²) in [6.07, 6.45) is 4.28. The average molecular weight is 249 g/mol. The summed E-state index contributed by atoms with van der Waals surface area (Å²) in [5, 5.41) is 22.8. The van der Waals surface area contributed by atoms with E-state index in [1.165, 1.54) is 6.42 Å². The summed E-state index contributed by atoms with van der Waals surface area (Å²) in [7, 11) is 0. The van der Waals surface area contributed by atoms with E-state index >= 15 is 0 Å². The van der Waals surface area contributed by atoms with Crippen LogP contribution in [0.15, 0.2) is 24.3 Å². The quantitative estimate of drug-likeness (QED) is 0.769. The number of hydrogen-bond acceptors (Lipinski definition) is 3. The molecule has 0 saturated heterocycles. The molecule has 1 aliphatic rings. The van der Waals surface area contributed by atoms with Crippen molar-refractivity contribution in [1.29, 1.82) is 0 Å². The van der Waals surface area contributed by atoms with Gasteiger partial charge in [0, 0.05) is 12.6 Å². The molecule has 3 N–H and O–H groups in total. The van der Waals surface area contributed by atoms with Gasteiger partial charge in [0.2, 0.25) is 0 Å². The minimum atomic E-state index is -0.150. The van der Waals surface area contributed by atoms with Gasteiger partial charge in [-0.2, -0.15) is 0 Å². The van der Waals surface area contributed by atoms with Crippen LogP contribution in [0.4, 0.5) is 0 Å². The second kappa shape index (κ2) is 6.21. The largest absolute Gasteiger partial charge is 0.508 e. The van der Waals surface area contributed by atoms with Crippen molar-refractivity contribution in [2.45, 2.75) is 44.8 Å². The number of aliphatic hydroxyl groups is 1. The molecule has 1 fully saturated rings. The van der Waals surface area contributed by atoms with Crippen LogP contribution >= 0.6 is 0 Å². The molecular formula is C15H23NO2. The van der Waals surface area contributed by atoms with Crippen molar-refractivity contribution < 1.29 is 10.2 Å². The van der Waals surface area contributed by atoms with E-state index in [4.69, 9.17) is 0 Å². The Morgan fingerprint density at radius 2 is 2.11 bits per heavy atom. The van der Waals surface area contributed by atoms with Crippen LogP contribution < -0.4 is 5.32 Å². The first-order valence-corrected chi connectivity index (χ1v) is 6.87. The van der Waals surface area contributed by atoms with Gasteiger partial charge in [-0.3, -0.25) is 0 Å². The summed E-state index contributed by atoms with van der Waals surface area (Å²) in [6.45, 7) is 2.93. The maximum atomic E-state index is 9.92. The number of hydrogen-bond donors (Lipinski definition) is 3. The minimum absolute atomic E-state index is 0.150. The normalized spacial score (nSPS) is 25.9. The topological polar surface area (TPSA) is 52.5 Å². The summed E-state index contributed by atoms with van der Waals surface area (Å²) < 4.78 is 0. The number of phenols is 1. The number of benzene rings is 1. The van der Waals surface area contributed by atoms with Gasteiger partial charge in [0.15, 0.2) is 0 Å². The van der Waals surface area contributed by atoms with Crippen LogP contribution in [0, 0.1) is 5.92 Å². The first-order valence-electron chi connectivity index (χ1n) is 6.87. The van der Waals surface area contributed by atoms with Crippen LogP contribution in [0.3, 0.4) is 0 Å².